The van der Waals surface area contributed by atoms with E-state index in [1.165, 1.54) is 4.90 Å². The quantitative estimate of drug-likeness (QED) is 0.557. The summed E-state index contributed by atoms with van der Waals surface area (Å²) in [6, 6.07) is 0. The first kappa shape index (κ1) is 14.2. The molecule has 0 spiro atoms. The summed E-state index contributed by atoms with van der Waals surface area (Å²) in [6.45, 7) is 4.45. The van der Waals surface area contributed by atoms with Crippen LogP contribution < -0.4 is 0 Å². The fourth-order valence-corrected chi connectivity index (χ4v) is 3.06. The number of nitrogens with zero attached hydrogens (tertiary/aromatic N) is 4. The van der Waals surface area contributed by atoms with Crippen molar-refractivity contribution in [2.75, 3.05) is 26.2 Å². The lowest BCUT2D eigenvalue weighted by Crippen LogP contribution is -2.40. The maximum Gasteiger partial charge on any atom is 0.280 e. The summed E-state index contributed by atoms with van der Waals surface area (Å²) in [5.74, 6) is 0.565. The molecule has 2 unspecified atom stereocenters. The lowest BCUT2D eigenvalue weighted by molar-refractivity contribution is -0.486. The SMILES string of the molecule is CC1CC(CN2CCN(C(=O)C3CC3)C2=N[N+](=O)[O-])CO1. The third-order valence-corrected chi connectivity index (χ3v) is 4.24. The van der Waals surface area contributed by atoms with Crippen molar-refractivity contribution in [2.24, 2.45) is 16.9 Å². The molecule has 1 saturated carbocycles. The van der Waals surface area contributed by atoms with E-state index in [2.05, 4.69) is 5.10 Å². The van der Waals surface area contributed by atoms with Gasteiger partial charge in [0.1, 0.15) is 5.10 Å². The van der Waals surface area contributed by atoms with Crippen LogP contribution in [0.2, 0.25) is 0 Å². The van der Waals surface area contributed by atoms with Crippen LogP contribution >= 0.6 is 0 Å². The molecule has 8 nitrogen and oxygen atoms in total. The maximum absolute atomic E-state index is 12.2. The second-order valence-corrected chi connectivity index (χ2v) is 6.09. The Bertz CT molecular complexity index is 477. The fraction of sp³-hybridized carbons (Fsp3) is 0.846. The molecule has 0 bridgehead atoms. The van der Waals surface area contributed by atoms with Gasteiger partial charge in [0.05, 0.1) is 12.7 Å². The average Bonchev–Trinajstić information content (AvgIpc) is 3.10. The second-order valence-electron chi connectivity index (χ2n) is 6.09. The number of rotatable bonds is 4. The van der Waals surface area contributed by atoms with Crippen molar-refractivity contribution in [1.29, 1.82) is 0 Å². The molecule has 8 heteroatoms. The Morgan fingerprint density at radius 3 is 2.81 bits per heavy atom. The number of amides is 1. The zero-order valence-electron chi connectivity index (χ0n) is 12.1. The van der Waals surface area contributed by atoms with E-state index >= 15 is 0 Å². The molecule has 0 aromatic rings. The summed E-state index contributed by atoms with van der Waals surface area (Å²) in [4.78, 5) is 26.3. The minimum Gasteiger partial charge on any atom is -0.378 e. The Balaban J connectivity index is 1.70. The Kier molecular flexibility index (Phi) is 3.79. The van der Waals surface area contributed by atoms with Gasteiger partial charge in [-0.2, -0.15) is 0 Å². The Morgan fingerprint density at radius 1 is 1.48 bits per heavy atom. The summed E-state index contributed by atoms with van der Waals surface area (Å²) >= 11 is 0. The van der Waals surface area contributed by atoms with Crippen LogP contribution in [-0.4, -0.2) is 59.0 Å². The predicted molar refractivity (Wildman–Crippen MR) is 74.0 cm³/mol. The lowest BCUT2D eigenvalue weighted by Gasteiger charge is -2.21. The van der Waals surface area contributed by atoms with Crippen molar-refractivity contribution in [3.05, 3.63) is 10.1 Å². The van der Waals surface area contributed by atoms with Crippen molar-refractivity contribution in [1.82, 2.24) is 9.80 Å². The number of nitro groups is 1. The molecule has 0 N–H and O–H groups in total. The van der Waals surface area contributed by atoms with E-state index in [9.17, 15) is 14.9 Å². The molecule has 1 aliphatic carbocycles. The molecule has 2 aliphatic heterocycles. The van der Waals surface area contributed by atoms with E-state index in [-0.39, 0.29) is 23.9 Å². The molecular formula is C13H20N4O4. The number of hydrazone groups is 1. The van der Waals surface area contributed by atoms with E-state index < -0.39 is 5.03 Å². The first-order valence-electron chi connectivity index (χ1n) is 7.45. The number of hydrogen-bond acceptors (Lipinski definition) is 4. The summed E-state index contributed by atoms with van der Waals surface area (Å²) in [7, 11) is 0. The van der Waals surface area contributed by atoms with Crippen LogP contribution in [0.4, 0.5) is 0 Å². The standard InChI is InChI=1S/C13H20N4O4/c1-9-6-10(8-21-9)7-15-4-5-16(12(18)11-2-3-11)13(15)14-17(19)20/h9-11H,2-8H2,1H3. The van der Waals surface area contributed by atoms with Crippen LogP contribution in [0.3, 0.4) is 0 Å². The third-order valence-electron chi connectivity index (χ3n) is 4.24. The van der Waals surface area contributed by atoms with Gasteiger partial charge in [-0.1, -0.05) is 0 Å². The molecule has 3 aliphatic rings. The van der Waals surface area contributed by atoms with Crippen LogP contribution in [-0.2, 0) is 9.53 Å². The zero-order valence-corrected chi connectivity index (χ0v) is 12.1. The molecule has 0 aromatic carbocycles. The van der Waals surface area contributed by atoms with E-state index in [4.69, 9.17) is 4.74 Å². The molecular weight excluding hydrogens is 276 g/mol. The molecule has 116 valence electrons. The van der Waals surface area contributed by atoms with Crippen LogP contribution in [0.5, 0.6) is 0 Å². The van der Waals surface area contributed by atoms with Crippen molar-refractivity contribution in [2.45, 2.75) is 32.3 Å². The molecule has 2 saturated heterocycles. The van der Waals surface area contributed by atoms with Gasteiger partial charge in [-0.15, -0.1) is 0 Å². The van der Waals surface area contributed by atoms with Gasteiger partial charge in [0.2, 0.25) is 5.91 Å². The average molecular weight is 296 g/mol. The number of hydrogen-bond donors (Lipinski definition) is 0. The van der Waals surface area contributed by atoms with Gasteiger partial charge in [0.15, 0.2) is 5.03 Å². The normalized spacial score (nSPS) is 31.2. The monoisotopic (exact) mass is 296 g/mol. The largest absolute Gasteiger partial charge is 0.378 e. The second kappa shape index (κ2) is 5.59. The molecule has 2 atom stereocenters. The van der Waals surface area contributed by atoms with E-state index in [0.29, 0.717) is 32.2 Å². The molecule has 3 fully saturated rings. The topological polar surface area (TPSA) is 88.3 Å². The highest BCUT2D eigenvalue weighted by molar-refractivity contribution is 5.99. The van der Waals surface area contributed by atoms with E-state index in [1.54, 1.807) is 0 Å². The molecule has 1 amide bonds. The number of carbonyl (C=O) groups is 1. The first-order valence-corrected chi connectivity index (χ1v) is 7.45. The molecule has 0 aromatic heterocycles. The minimum absolute atomic E-state index is 0.0193. The summed E-state index contributed by atoms with van der Waals surface area (Å²) in [5, 5.41) is 13.5. The van der Waals surface area contributed by atoms with Gasteiger partial charge < -0.3 is 9.64 Å². The number of ether oxygens (including phenoxy) is 1. The number of guanidine groups is 1. The summed E-state index contributed by atoms with van der Waals surface area (Å²) in [5.41, 5.74) is 0. The van der Waals surface area contributed by atoms with Crippen LogP contribution in [0, 0.1) is 22.0 Å². The highest BCUT2D eigenvalue weighted by atomic mass is 16.7. The highest BCUT2D eigenvalue weighted by Gasteiger charge is 2.41. The zero-order chi connectivity index (χ0) is 15.0. The molecule has 2 heterocycles. The Morgan fingerprint density at radius 2 is 2.24 bits per heavy atom. The Labute approximate surface area is 122 Å². The lowest BCUT2D eigenvalue weighted by atomic mass is 10.1. The molecule has 3 rings (SSSR count). The van der Waals surface area contributed by atoms with Crippen molar-refractivity contribution in [3.8, 4) is 0 Å². The summed E-state index contributed by atoms with van der Waals surface area (Å²) < 4.78 is 5.53. The maximum atomic E-state index is 12.2. The van der Waals surface area contributed by atoms with Gasteiger partial charge in [0, 0.05) is 31.5 Å². The molecule has 21 heavy (non-hydrogen) atoms. The number of carbonyl (C=O) groups excluding carboxylic acids is 1. The van der Waals surface area contributed by atoms with Crippen molar-refractivity contribution in [3.63, 3.8) is 0 Å². The minimum atomic E-state index is -0.714. The van der Waals surface area contributed by atoms with Crippen molar-refractivity contribution >= 4 is 11.9 Å². The van der Waals surface area contributed by atoms with Gasteiger partial charge >= 0.3 is 0 Å². The molecule has 0 radical (unpaired) electrons. The first-order chi connectivity index (χ1) is 10.0. The van der Waals surface area contributed by atoms with Gasteiger partial charge in [-0.05, 0) is 26.2 Å². The van der Waals surface area contributed by atoms with Crippen LogP contribution in [0.15, 0.2) is 5.10 Å². The fourth-order valence-electron chi connectivity index (χ4n) is 3.06. The summed E-state index contributed by atoms with van der Waals surface area (Å²) in [6.07, 6.45) is 2.95. The Hall–Kier alpha value is -1.70. The van der Waals surface area contributed by atoms with Crippen molar-refractivity contribution < 1.29 is 14.6 Å². The van der Waals surface area contributed by atoms with Gasteiger partial charge in [-0.3, -0.25) is 9.69 Å². The van der Waals surface area contributed by atoms with E-state index in [0.717, 1.165) is 19.3 Å². The van der Waals surface area contributed by atoms with E-state index in [1.807, 2.05) is 11.8 Å². The smallest absolute Gasteiger partial charge is 0.280 e. The van der Waals surface area contributed by atoms with Gasteiger partial charge in [0.25, 0.3) is 5.96 Å². The third kappa shape index (κ3) is 3.15. The predicted octanol–water partition coefficient (Wildman–Crippen LogP) is 0.513. The highest BCUT2D eigenvalue weighted by Crippen LogP contribution is 2.32. The van der Waals surface area contributed by atoms with Crippen LogP contribution in [0.25, 0.3) is 0 Å². The van der Waals surface area contributed by atoms with Gasteiger partial charge in [-0.25, -0.2) is 10.1 Å². The van der Waals surface area contributed by atoms with Crippen LogP contribution in [0.1, 0.15) is 26.2 Å².